The van der Waals surface area contributed by atoms with E-state index in [0.717, 1.165) is 37.1 Å². The van der Waals surface area contributed by atoms with Gasteiger partial charge in [0.15, 0.2) is 5.82 Å². The minimum absolute atomic E-state index is 0.0716. The molecule has 0 saturated carbocycles. The van der Waals surface area contributed by atoms with Gasteiger partial charge in [0.1, 0.15) is 6.33 Å². The summed E-state index contributed by atoms with van der Waals surface area (Å²) >= 11 is 4.19. The van der Waals surface area contributed by atoms with E-state index in [2.05, 4.69) is 22.7 Å². The summed E-state index contributed by atoms with van der Waals surface area (Å²) in [7, 11) is 0. The minimum Gasteiger partial charge on any atom is -0.258 e. The topological polar surface area (TPSA) is 73.8 Å². The maximum Gasteiger partial charge on any atom is 0.269 e. The Morgan fingerprint density at radius 1 is 1.14 bits per heavy atom. The van der Waals surface area contributed by atoms with Crippen molar-refractivity contribution < 1.29 is 4.92 Å². The Kier molecular flexibility index (Phi) is 5.74. The molecule has 0 aliphatic rings. The molecule has 6 nitrogen and oxygen atoms in total. The summed E-state index contributed by atoms with van der Waals surface area (Å²) in [6.45, 7) is 0.840. The van der Waals surface area contributed by atoms with E-state index in [1.807, 2.05) is 4.68 Å². The van der Waals surface area contributed by atoms with Crippen molar-refractivity contribution in [1.29, 1.82) is 0 Å². The summed E-state index contributed by atoms with van der Waals surface area (Å²) in [5.74, 6) is 1.54. The Labute approximate surface area is 128 Å². The van der Waals surface area contributed by atoms with Gasteiger partial charge in [-0.2, -0.15) is 17.7 Å². The molecule has 7 heteroatoms. The molecule has 0 aliphatic heterocycles. The molecule has 0 saturated heterocycles. The van der Waals surface area contributed by atoms with Crippen LogP contribution in [0.5, 0.6) is 0 Å². The zero-order chi connectivity index (χ0) is 15.1. The Bertz CT molecular complexity index is 583. The molecular formula is C14H18N4O2S. The smallest absolute Gasteiger partial charge is 0.258 e. The van der Waals surface area contributed by atoms with E-state index >= 15 is 0 Å². The SMILES string of the molecule is O=[N+]([O-])c1ccc(-c2ncn(CCCCCCS)n2)cc1. The van der Waals surface area contributed by atoms with Gasteiger partial charge in [-0.15, -0.1) is 0 Å². The van der Waals surface area contributed by atoms with Crippen molar-refractivity contribution in [2.75, 3.05) is 5.75 Å². The number of unbranched alkanes of at least 4 members (excludes halogenated alkanes) is 3. The molecule has 1 heterocycles. The van der Waals surface area contributed by atoms with E-state index in [9.17, 15) is 10.1 Å². The van der Waals surface area contributed by atoms with E-state index in [4.69, 9.17) is 0 Å². The molecule has 0 radical (unpaired) electrons. The van der Waals surface area contributed by atoms with Gasteiger partial charge in [-0.3, -0.25) is 14.8 Å². The standard InChI is InChI=1S/C14H18N4O2S/c19-18(20)13-7-5-12(6-8-13)14-15-11-17(16-14)9-3-1-2-4-10-21/h5-8,11,21H,1-4,9-10H2. The summed E-state index contributed by atoms with van der Waals surface area (Å²) in [4.78, 5) is 14.4. The number of nitro benzene ring substituents is 1. The van der Waals surface area contributed by atoms with Gasteiger partial charge in [-0.05, 0) is 30.7 Å². The van der Waals surface area contributed by atoms with Crippen LogP contribution in [0.1, 0.15) is 25.7 Å². The highest BCUT2D eigenvalue weighted by Crippen LogP contribution is 2.19. The molecule has 0 spiro atoms. The molecule has 0 fully saturated rings. The van der Waals surface area contributed by atoms with Crippen molar-refractivity contribution in [3.8, 4) is 11.4 Å². The molecule has 1 aromatic heterocycles. The lowest BCUT2D eigenvalue weighted by molar-refractivity contribution is -0.384. The Hall–Kier alpha value is -1.89. The molecule has 2 rings (SSSR count). The van der Waals surface area contributed by atoms with Gasteiger partial charge in [0, 0.05) is 24.2 Å². The molecular weight excluding hydrogens is 288 g/mol. The molecule has 0 aliphatic carbocycles. The van der Waals surface area contributed by atoms with Crippen LogP contribution in [0.2, 0.25) is 0 Å². The predicted molar refractivity (Wildman–Crippen MR) is 84.4 cm³/mol. The van der Waals surface area contributed by atoms with Gasteiger partial charge in [-0.1, -0.05) is 12.8 Å². The largest absolute Gasteiger partial charge is 0.269 e. The molecule has 0 bridgehead atoms. The van der Waals surface area contributed by atoms with E-state index in [1.165, 1.54) is 18.6 Å². The number of non-ortho nitro benzene ring substituents is 1. The zero-order valence-electron chi connectivity index (χ0n) is 11.7. The first-order valence-electron chi connectivity index (χ1n) is 6.96. The number of nitrogens with zero attached hydrogens (tertiary/aromatic N) is 4. The minimum atomic E-state index is -0.416. The third-order valence-corrected chi connectivity index (χ3v) is 3.48. The maximum atomic E-state index is 10.6. The van der Waals surface area contributed by atoms with Crippen LogP contribution in [0.3, 0.4) is 0 Å². The van der Waals surface area contributed by atoms with Gasteiger partial charge in [-0.25, -0.2) is 4.98 Å². The number of thiol groups is 1. The molecule has 0 atom stereocenters. The van der Waals surface area contributed by atoms with Crippen molar-refractivity contribution in [2.45, 2.75) is 32.2 Å². The van der Waals surface area contributed by atoms with Crippen molar-refractivity contribution in [1.82, 2.24) is 14.8 Å². The third kappa shape index (κ3) is 4.56. The number of rotatable bonds is 8. The summed E-state index contributed by atoms with van der Waals surface area (Å²) in [6.07, 6.45) is 6.27. The number of benzene rings is 1. The van der Waals surface area contributed by atoms with Gasteiger partial charge < -0.3 is 0 Å². The molecule has 2 aromatic rings. The first-order valence-corrected chi connectivity index (χ1v) is 7.59. The Balaban J connectivity index is 1.91. The lowest BCUT2D eigenvalue weighted by atomic mass is 10.2. The fraction of sp³-hybridized carbons (Fsp3) is 0.429. The Morgan fingerprint density at radius 2 is 1.86 bits per heavy atom. The summed E-state index contributed by atoms with van der Waals surface area (Å²) < 4.78 is 1.82. The third-order valence-electron chi connectivity index (χ3n) is 3.17. The zero-order valence-corrected chi connectivity index (χ0v) is 12.6. The van der Waals surface area contributed by atoms with Gasteiger partial charge in [0.05, 0.1) is 4.92 Å². The molecule has 21 heavy (non-hydrogen) atoms. The van der Waals surface area contributed by atoms with Crippen molar-refractivity contribution in [2.24, 2.45) is 0 Å². The number of nitro groups is 1. The number of aryl methyl sites for hydroxylation is 1. The van der Waals surface area contributed by atoms with Crippen LogP contribution in [-0.4, -0.2) is 25.4 Å². The second kappa shape index (κ2) is 7.78. The molecule has 0 amide bonds. The van der Waals surface area contributed by atoms with E-state index < -0.39 is 4.92 Å². The maximum absolute atomic E-state index is 10.6. The van der Waals surface area contributed by atoms with Gasteiger partial charge >= 0.3 is 0 Å². The second-order valence-electron chi connectivity index (χ2n) is 4.77. The van der Waals surface area contributed by atoms with Crippen LogP contribution in [0.25, 0.3) is 11.4 Å². The average Bonchev–Trinajstić information content (AvgIpc) is 2.96. The Morgan fingerprint density at radius 3 is 2.52 bits per heavy atom. The number of hydrogen-bond acceptors (Lipinski definition) is 5. The normalized spacial score (nSPS) is 10.7. The van der Waals surface area contributed by atoms with Gasteiger partial charge in [0.2, 0.25) is 0 Å². The molecule has 1 aromatic carbocycles. The van der Waals surface area contributed by atoms with E-state index in [1.54, 1.807) is 18.5 Å². The first-order chi connectivity index (χ1) is 10.2. The highest BCUT2D eigenvalue weighted by molar-refractivity contribution is 7.80. The lowest BCUT2D eigenvalue weighted by Crippen LogP contribution is -1.99. The average molecular weight is 306 g/mol. The fourth-order valence-corrected chi connectivity index (χ4v) is 2.23. The lowest BCUT2D eigenvalue weighted by Gasteiger charge is -2.00. The summed E-state index contributed by atoms with van der Waals surface area (Å²) in [5.41, 5.74) is 0.858. The summed E-state index contributed by atoms with van der Waals surface area (Å²) in [6, 6.07) is 6.27. The van der Waals surface area contributed by atoms with Crippen LogP contribution in [0, 0.1) is 10.1 Å². The van der Waals surface area contributed by atoms with Gasteiger partial charge in [0.25, 0.3) is 5.69 Å². The second-order valence-corrected chi connectivity index (χ2v) is 5.22. The number of hydrogen-bond donors (Lipinski definition) is 1. The predicted octanol–water partition coefficient (Wildman–Crippen LogP) is 3.34. The highest BCUT2D eigenvalue weighted by atomic mass is 32.1. The number of aromatic nitrogens is 3. The highest BCUT2D eigenvalue weighted by Gasteiger charge is 2.08. The van der Waals surface area contributed by atoms with Crippen LogP contribution >= 0.6 is 12.6 Å². The fourth-order valence-electron chi connectivity index (χ4n) is 2.01. The van der Waals surface area contributed by atoms with E-state index in [-0.39, 0.29) is 5.69 Å². The quantitative estimate of drug-likeness (QED) is 0.351. The monoisotopic (exact) mass is 306 g/mol. The molecule has 112 valence electrons. The van der Waals surface area contributed by atoms with Crippen molar-refractivity contribution in [3.63, 3.8) is 0 Å². The van der Waals surface area contributed by atoms with Crippen molar-refractivity contribution >= 4 is 18.3 Å². The summed E-state index contributed by atoms with van der Waals surface area (Å²) in [5, 5.41) is 15.0. The first kappa shape index (κ1) is 15.5. The molecule has 0 unspecified atom stereocenters. The van der Waals surface area contributed by atoms with Crippen LogP contribution in [0.4, 0.5) is 5.69 Å². The molecule has 0 N–H and O–H groups in total. The van der Waals surface area contributed by atoms with Crippen molar-refractivity contribution in [3.05, 3.63) is 40.7 Å². The van der Waals surface area contributed by atoms with E-state index in [0.29, 0.717) is 5.82 Å². The van der Waals surface area contributed by atoms with Crippen LogP contribution in [-0.2, 0) is 6.54 Å². The van der Waals surface area contributed by atoms with Crippen LogP contribution in [0.15, 0.2) is 30.6 Å². The van der Waals surface area contributed by atoms with Crippen LogP contribution < -0.4 is 0 Å².